The number of unbranched alkanes of at least 4 members (excludes halogenated alkanes) is 6. The number of ether oxygens (including phenoxy) is 2. The van der Waals surface area contributed by atoms with Crippen LogP contribution in [0.3, 0.4) is 0 Å². The Morgan fingerprint density at radius 2 is 1.65 bits per heavy atom. The van der Waals surface area contributed by atoms with Gasteiger partial charge in [0.2, 0.25) is 5.76 Å². The summed E-state index contributed by atoms with van der Waals surface area (Å²) in [5.41, 5.74) is 1.12. The third-order valence-electron chi connectivity index (χ3n) is 3.76. The molecular weight excluding hydrogens is 288 g/mol. The van der Waals surface area contributed by atoms with Crippen molar-refractivity contribution in [3.63, 3.8) is 0 Å². The molecule has 1 rings (SSSR count). The van der Waals surface area contributed by atoms with Crippen LogP contribution in [0, 0.1) is 0 Å². The first-order valence-corrected chi connectivity index (χ1v) is 8.80. The molecule has 0 amide bonds. The normalized spacial score (nSPS) is 10.3. The third kappa shape index (κ3) is 7.87. The predicted molar refractivity (Wildman–Crippen MR) is 94.5 cm³/mol. The van der Waals surface area contributed by atoms with Crippen molar-refractivity contribution < 1.29 is 14.3 Å². The molecule has 128 valence electrons. The van der Waals surface area contributed by atoms with Crippen LogP contribution < -0.4 is 4.74 Å². The molecule has 0 fully saturated rings. The van der Waals surface area contributed by atoms with Crippen molar-refractivity contribution in [2.45, 2.75) is 65.2 Å². The Bertz CT molecular complexity index is 480. The summed E-state index contributed by atoms with van der Waals surface area (Å²) in [4.78, 5) is 11.6. The van der Waals surface area contributed by atoms with Gasteiger partial charge in [-0.25, -0.2) is 4.79 Å². The standard InChI is InChI=1S/C20H30O3/c1-4-6-7-8-9-10-11-14-18-15-12-13-16-19(18)23-17(3)20(21)22-5-2/h12-13,15-16H,3-11,14H2,1-2H3. The van der Waals surface area contributed by atoms with E-state index in [1.807, 2.05) is 24.3 Å². The highest BCUT2D eigenvalue weighted by Crippen LogP contribution is 2.23. The van der Waals surface area contributed by atoms with Crippen molar-refractivity contribution in [3.8, 4) is 5.75 Å². The lowest BCUT2D eigenvalue weighted by Gasteiger charge is -2.12. The van der Waals surface area contributed by atoms with E-state index < -0.39 is 5.97 Å². The monoisotopic (exact) mass is 318 g/mol. The molecule has 0 atom stereocenters. The first-order valence-electron chi connectivity index (χ1n) is 8.80. The number of carbonyl (C=O) groups excluding carboxylic acids is 1. The summed E-state index contributed by atoms with van der Waals surface area (Å²) >= 11 is 0. The van der Waals surface area contributed by atoms with Crippen LogP contribution >= 0.6 is 0 Å². The van der Waals surface area contributed by atoms with E-state index in [1.54, 1.807) is 6.92 Å². The topological polar surface area (TPSA) is 35.5 Å². The third-order valence-corrected chi connectivity index (χ3v) is 3.76. The average molecular weight is 318 g/mol. The molecule has 0 saturated heterocycles. The van der Waals surface area contributed by atoms with Crippen molar-refractivity contribution in [1.82, 2.24) is 0 Å². The fraction of sp³-hybridized carbons (Fsp3) is 0.550. The Morgan fingerprint density at radius 3 is 2.35 bits per heavy atom. The van der Waals surface area contributed by atoms with Crippen molar-refractivity contribution >= 4 is 5.97 Å². The zero-order valence-electron chi connectivity index (χ0n) is 14.6. The molecular formula is C20H30O3. The van der Waals surface area contributed by atoms with Gasteiger partial charge < -0.3 is 9.47 Å². The lowest BCUT2D eigenvalue weighted by atomic mass is 10.0. The van der Waals surface area contributed by atoms with Gasteiger partial charge in [-0.1, -0.05) is 63.6 Å². The number of carbonyl (C=O) groups is 1. The molecule has 0 spiro atoms. The highest BCUT2D eigenvalue weighted by atomic mass is 16.6. The van der Waals surface area contributed by atoms with Crippen LogP contribution in [0.5, 0.6) is 5.75 Å². The number of hydrogen-bond acceptors (Lipinski definition) is 3. The van der Waals surface area contributed by atoms with E-state index in [0.717, 1.165) is 18.4 Å². The number of benzene rings is 1. The maximum atomic E-state index is 11.6. The highest BCUT2D eigenvalue weighted by Gasteiger charge is 2.12. The Balaban J connectivity index is 2.41. The fourth-order valence-corrected chi connectivity index (χ4v) is 2.47. The number of hydrogen-bond donors (Lipinski definition) is 0. The van der Waals surface area contributed by atoms with Crippen LogP contribution in [0.4, 0.5) is 0 Å². The van der Waals surface area contributed by atoms with Gasteiger partial charge in [-0.05, 0) is 38.0 Å². The van der Waals surface area contributed by atoms with Crippen molar-refractivity contribution in [3.05, 3.63) is 42.2 Å². The van der Waals surface area contributed by atoms with Crippen LogP contribution in [-0.2, 0) is 16.0 Å². The summed E-state index contributed by atoms with van der Waals surface area (Å²) in [5.74, 6) is 0.244. The molecule has 0 unspecified atom stereocenters. The van der Waals surface area contributed by atoms with Crippen LogP contribution in [0.15, 0.2) is 36.6 Å². The van der Waals surface area contributed by atoms with Crippen molar-refractivity contribution in [2.75, 3.05) is 6.61 Å². The van der Waals surface area contributed by atoms with E-state index in [1.165, 1.54) is 38.5 Å². The molecule has 0 aromatic heterocycles. The molecule has 0 aliphatic carbocycles. The maximum absolute atomic E-state index is 11.6. The van der Waals surface area contributed by atoms with E-state index in [4.69, 9.17) is 9.47 Å². The Kier molecular flexibility index (Phi) is 9.85. The molecule has 0 heterocycles. The second-order valence-corrected chi connectivity index (χ2v) is 5.72. The molecule has 23 heavy (non-hydrogen) atoms. The van der Waals surface area contributed by atoms with Crippen molar-refractivity contribution in [2.24, 2.45) is 0 Å². The summed E-state index contributed by atoms with van der Waals surface area (Å²) in [7, 11) is 0. The number of aryl methyl sites for hydroxylation is 1. The first-order chi connectivity index (χ1) is 11.2. The first kappa shape index (κ1) is 19.3. The van der Waals surface area contributed by atoms with Gasteiger partial charge in [0.05, 0.1) is 6.61 Å². The molecule has 0 aliphatic rings. The maximum Gasteiger partial charge on any atom is 0.373 e. The zero-order chi connectivity index (χ0) is 16.9. The zero-order valence-corrected chi connectivity index (χ0v) is 14.6. The Labute approximate surface area is 140 Å². The van der Waals surface area contributed by atoms with Gasteiger partial charge in [0, 0.05) is 0 Å². The second-order valence-electron chi connectivity index (χ2n) is 5.72. The predicted octanol–water partition coefficient (Wildman–Crippen LogP) is 5.44. The van der Waals surface area contributed by atoms with Crippen molar-refractivity contribution in [1.29, 1.82) is 0 Å². The Morgan fingerprint density at radius 1 is 1.00 bits per heavy atom. The van der Waals surface area contributed by atoms with Gasteiger partial charge in [-0.2, -0.15) is 0 Å². The van der Waals surface area contributed by atoms with Gasteiger partial charge in [-0.3, -0.25) is 0 Å². The van der Waals surface area contributed by atoms with Gasteiger partial charge >= 0.3 is 5.97 Å². The summed E-state index contributed by atoms with van der Waals surface area (Å²) in [6.45, 7) is 7.97. The molecule has 0 bridgehead atoms. The summed E-state index contributed by atoms with van der Waals surface area (Å²) in [6.07, 6.45) is 9.91. The van der Waals surface area contributed by atoms with Crippen LogP contribution in [0.2, 0.25) is 0 Å². The average Bonchev–Trinajstić information content (AvgIpc) is 2.55. The fourth-order valence-electron chi connectivity index (χ4n) is 2.47. The number of rotatable bonds is 12. The number of para-hydroxylation sites is 1. The minimum atomic E-state index is -0.502. The highest BCUT2D eigenvalue weighted by molar-refractivity contribution is 5.86. The van der Waals surface area contributed by atoms with Crippen LogP contribution in [0.1, 0.15) is 64.4 Å². The Hall–Kier alpha value is -1.77. The molecule has 0 N–H and O–H groups in total. The minimum Gasteiger partial charge on any atom is -0.460 e. The summed E-state index contributed by atoms with van der Waals surface area (Å²) < 4.78 is 10.5. The van der Waals surface area contributed by atoms with Gasteiger partial charge in [-0.15, -0.1) is 0 Å². The van der Waals surface area contributed by atoms with E-state index in [-0.39, 0.29) is 5.76 Å². The smallest absolute Gasteiger partial charge is 0.373 e. The summed E-state index contributed by atoms with van der Waals surface area (Å²) in [6, 6.07) is 7.82. The van der Waals surface area contributed by atoms with Crippen LogP contribution in [-0.4, -0.2) is 12.6 Å². The molecule has 1 aromatic rings. The van der Waals surface area contributed by atoms with E-state index in [0.29, 0.717) is 12.4 Å². The molecule has 3 nitrogen and oxygen atoms in total. The van der Waals surface area contributed by atoms with E-state index >= 15 is 0 Å². The molecule has 0 aliphatic heterocycles. The lowest BCUT2D eigenvalue weighted by molar-refractivity contribution is -0.140. The van der Waals surface area contributed by atoms with E-state index in [9.17, 15) is 4.79 Å². The quantitative estimate of drug-likeness (QED) is 0.223. The lowest BCUT2D eigenvalue weighted by Crippen LogP contribution is -2.12. The van der Waals surface area contributed by atoms with Gasteiger partial charge in [0.25, 0.3) is 0 Å². The molecule has 0 saturated carbocycles. The van der Waals surface area contributed by atoms with Gasteiger partial charge in [0.1, 0.15) is 5.75 Å². The number of esters is 1. The van der Waals surface area contributed by atoms with Gasteiger partial charge in [0.15, 0.2) is 0 Å². The largest absolute Gasteiger partial charge is 0.460 e. The SMILES string of the molecule is C=C(Oc1ccccc1CCCCCCCCC)C(=O)OCC. The minimum absolute atomic E-state index is 0.0406. The summed E-state index contributed by atoms with van der Waals surface area (Å²) in [5, 5.41) is 0. The van der Waals surface area contributed by atoms with Crippen LogP contribution in [0.25, 0.3) is 0 Å². The second kappa shape index (κ2) is 11.8. The molecule has 0 radical (unpaired) electrons. The van der Waals surface area contributed by atoms with E-state index in [2.05, 4.69) is 13.5 Å². The molecule has 1 aromatic carbocycles. The molecule has 3 heteroatoms.